The minimum Gasteiger partial charge on any atom is -0.463 e. The number of esters is 1. The van der Waals surface area contributed by atoms with Gasteiger partial charge in [0, 0.05) is 5.70 Å². The van der Waals surface area contributed by atoms with Crippen molar-refractivity contribution >= 4 is 23.0 Å². The summed E-state index contributed by atoms with van der Waals surface area (Å²) >= 11 is 0. The van der Waals surface area contributed by atoms with Crippen LogP contribution in [-0.2, 0) is 16.0 Å². The highest BCUT2D eigenvalue weighted by molar-refractivity contribution is 5.94. The van der Waals surface area contributed by atoms with Crippen LogP contribution in [0.5, 0.6) is 0 Å². The van der Waals surface area contributed by atoms with Gasteiger partial charge in [-0.05, 0) is 43.0 Å². The molecule has 3 aromatic rings. The fourth-order valence-corrected chi connectivity index (χ4v) is 4.03. The standard InChI is InChI=1S/C24H27N3O2/c1-4-9-19-21(23(28)29-6-3)22(17-14-12-16(5-2)13-15-17)27-20-11-8-7-10-18(20)25-24(27)26-19/h7-8,10-15,22H,4-6,9H2,1-3H3,(H,25,26). The number of benzene rings is 2. The van der Waals surface area contributed by atoms with Gasteiger partial charge in [-0.25, -0.2) is 9.78 Å². The molecule has 0 amide bonds. The number of para-hydroxylation sites is 2. The fourth-order valence-electron chi connectivity index (χ4n) is 4.03. The van der Waals surface area contributed by atoms with Crippen molar-refractivity contribution in [2.45, 2.75) is 46.1 Å². The van der Waals surface area contributed by atoms with E-state index >= 15 is 0 Å². The third kappa shape index (κ3) is 3.41. The topological polar surface area (TPSA) is 56.2 Å². The molecule has 1 aliphatic rings. The van der Waals surface area contributed by atoms with Crippen molar-refractivity contribution in [2.24, 2.45) is 0 Å². The SMILES string of the molecule is CCCC1=C(C(=O)OCC)C(c2ccc(CC)cc2)n2c(nc3ccccc32)N1. The van der Waals surface area contributed by atoms with Crippen LogP contribution in [0.3, 0.4) is 0 Å². The number of nitrogens with zero attached hydrogens (tertiary/aromatic N) is 2. The van der Waals surface area contributed by atoms with Crippen LogP contribution in [0.15, 0.2) is 59.8 Å². The summed E-state index contributed by atoms with van der Waals surface area (Å²) in [5.74, 6) is 0.503. The number of nitrogens with one attached hydrogen (secondary N) is 1. The molecule has 5 nitrogen and oxygen atoms in total. The number of rotatable bonds is 6. The van der Waals surface area contributed by atoms with Crippen LogP contribution in [-0.4, -0.2) is 22.1 Å². The van der Waals surface area contributed by atoms with E-state index in [9.17, 15) is 4.79 Å². The molecule has 0 saturated heterocycles. The van der Waals surface area contributed by atoms with Crippen LogP contribution >= 0.6 is 0 Å². The lowest BCUT2D eigenvalue weighted by Gasteiger charge is -2.31. The van der Waals surface area contributed by atoms with Crippen molar-refractivity contribution < 1.29 is 9.53 Å². The first-order chi connectivity index (χ1) is 14.2. The first-order valence-electron chi connectivity index (χ1n) is 10.4. The van der Waals surface area contributed by atoms with Crippen molar-refractivity contribution in [1.82, 2.24) is 9.55 Å². The number of carbonyl (C=O) groups is 1. The molecule has 2 aromatic carbocycles. The first-order valence-corrected chi connectivity index (χ1v) is 10.4. The maximum atomic E-state index is 13.1. The second-order valence-corrected chi connectivity index (χ2v) is 7.28. The van der Waals surface area contributed by atoms with Gasteiger partial charge in [-0.2, -0.15) is 0 Å². The highest BCUT2D eigenvalue weighted by Gasteiger charge is 2.35. The molecule has 4 rings (SSSR count). The first kappa shape index (κ1) is 19.2. The summed E-state index contributed by atoms with van der Waals surface area (Å²) in [7, 11) is 0. The van der Waals surface area contributed by atoms with Gasteiger partial charge >= 0.3 is 5.97 Å². The molecule has 1 unspecified atom stereocenters. The minimum atomic E-state index is -0.273. The Hall–Kier alpha value is -3.08. The number of imidazole rings is 1. The summed E-state index contributed by atoms with van der Waals surface area (Å²) in [6, 6.07) is 16.3. The lowest BCUT2D eigenvalue weighted by molar-refractivity contribution is -0.139. The molecule has 0 aliphatic carbocycles. The average molecular weight is 389 g/mol. The van der Waals surface area contributed by atoms with Crippen molar-refractivity contribution in [2.75, 3.05) is 11.9 Å². The molecule has 0 spiro atoms. The van der Waals surface area contributed by atoms with Crippen molar-refractivity contribution in [3.63, 3.8) is 0 Å². The van der Waals surface area contributed by atoms with E-state index in [1.54, 1.807) is 0 Å². The largest absolute Gasteiger partial charge is 0.463 e. The molecule has 1 N–H and O–H groups in total. The normalized spacial score (nSPS) is 15.9. The van der Waals surface area contributed by atoms with Crippen LogP contribution in [0.25, 0.3) is 11.0 Å². The molecule has 0 radical (unpaired) electrons. The number of anilines is 1. The Kier molecular flexibility index (Phi) is 5.38. The van der Waals surface area contributed by atoms with Gasteiger partial charge in [-0.3, -0.25) is 4.57 Å². The van der Waals surface area contributed by atoms with E-state index < -0.39 is 0 Å². The third-order valence-corrected chi connectivity index (χ3v) is 5.41. The second-order valence-electron chi connectivity index (χ2n) is 7.28. The summed E-state index contributed by atoms with van der Waals surface area (Å²) in [6.45, 7) is 6.45. The predicted molar refractivity (Wildman–Crippen MR) is 116 cm³/mol. The van der Waals surface area contributed by atoms with E-state index in [4.69, 9.17) is 9.72 Å². The Balaban J connectivity index is 1.96. The average Bonchev–Trinajstić information content (AvgIpc) is 3.11. The highest BCUT2D eigenvalue weighted by Crippen LogP contribution is 2.40. The summed E-state index contributed by atoms with van der Waals surface area (Å²) in [4.78, 5) is 17.9. The molecule has 2 heterocycles. The number of fused-ring (bicyclic) bond motifs is 3. The summed E-state index contributed by atoms with van der Waals surface area (Å²) in [5, 5.41) is 3.43. The van der Waals surface area contributed by atoms with E-state index in [0.29, 0.717) is 12.2 Å². The molecule has 150 valence electrons. The van der Waals surface area contributed by atoms with E-state index in [2.05, 4.69) is 54.1 Å². The number of ether oxygens (including phenoxy) is 1. The smallest absolute Gasteiger partial charge is 0.338 e. The molecule has 0 bridgehead atoms. The number of aryl methyl sites for hydroxylation is 1. The summed E-state index contributed by atoms with van der Waals surface area (Å²) < 4.78 is 7.61. The molecule has 0 saturated carbocycles. The maximum Gasteiger partial charge on any atom is 0.338 e. The zero-order chi connectivity index (χ0) is 20.4. The number of carbonyl (C=O) groups excluding carboxylic acids is 1. The third-order valence-electron chi connectivity index (χ3n) is 5.41. The van der Waals surface area contributed by atoms with Crippen LogP contribution in [0.4, 0.5) is 5.95 Å². The zero-order valence-corrected chi connectivity index (χ0v) is 17.2. The molecular formula is C24H27N3O2. The maximum absolute atomic E-state index is 13.1. The molecule has 5 heteroatoms. The van der Waals surface area contributed by atoms with Crippen LogP contribution in [0, 0.1) is 0 Å². The monoisotopic (exact) mass is 389 g/mol. The predicted octanol–water partition coefficient (Wildman–Crippen LogP) is 5.23. The van der Waals surface area contributed by atoms with E-state index in [0.717, 1.165) is 47.5 Å². The van der Waals surface area contributed by atoms with Crippen molar-refractivity contribution in [3.8, 4) is 0 Å². The minimum absolute atomic E-state index is 0.267. The summed E-state index contributed by atoms with van der Waals surface area (Å²) in [6.07, 6.45) is 2.67. The van der Waals surface area contributed by atoms with Gasteiger partial charge in [0.1, 0.15) is 0 Å². The lowest BCUT2D eigenvalue weighted by Crippen LogP contribution is -2.29. The van der Waals surface area contributed by atoms with Gasteiger partial charge in [-0.15, -0.1) is 0 Å². The van der Waals surface area contributed by atoms with E-state index in [1.165, 1.54) is 5.56 Å². The van der Waals surface area contributed by atoms with Crippen LogP contribution in [0.2, 0.25) is 0 Å². The van der Waals surface area contributed by atoms with Crippen LogP contribution < -0.4 is 5.32 Å². The van der Waals surface area contributed by atoms with Crippen LogP contribution in [0.1, 0.15) is 50.8 Å². The number of hydrogen-bond donors (Lipinski definition) is 1. The van der Waals surface area contributed by atoms with Gasteiger partial charge in [0.15, 0.2) is 0 Å². The molecular weight excluding hydrogens is 362 g/mol. The molecule has 1 aliphatic heterocycles. The molecule has 1 atom stereocenters. The Morgan fingerprint density at radius 3 is 2.55 bits per heavy atom. The number of allylic oxidation sites excluding steroid dienone is 1. The number of aromatic nitrogens is 2. The zero-order valence-electron chi connectivity index (χ0n) is 17.2. The lowest BCUT2D eigenvalue weighted by atomic mass is 9.92. The fraction of sp³-hybridized carbons (Fsp3) is 0.333. The van der Waals surface area contributed by atoms with Crippen molar-refractivity contribution in [3.05, 3.63) is 70.9 Å². The quantitative estimate of drug-likeness (QED) is 0.587. The van der Waals surface area contributed by atoms with E-state index in [1.807, 2.05) is 25.1 Å². The van der Waals surface area contributed by atoms with Gasteiger partial charge in [0.2, 0.25) is 5.95 Å². The van der Waals surface area contributed by atoms with Gasteiger partial charge < -0.3 is 10.1 Å². The van der Waals surface area contributed by atoms with Crippen molar-refractivity contribution in [1.29, 1.82) is 0 Å². The Morgan fingerprint density at radius 2 is 1.86 bits per heavy atom. The Morgan fingerprint density at radius 1 is 1.10 bits per heavy atom. The highest BCUT2D eigenvalue weighted by atomic mass is 16.5. The summed E-state index contributed by atoms with van der Waals surface area (Å²) in [5.41, 5.74) is 5.81. The molecule has 0 fully saturated rings. The van der Waals surface area contributed by atoms with E-state index in [-0.39, 0.29) is 12.0 Å². The van der Waals surface area contributed by atoms with Gasteiger partial charge in [-0.1, -0.05) is 56.7 Å². The Labute approximate surface area is 171 Å². The second kappa shape index (κ2) is 8.11. The van der Waals surface area contributed by atoms with Gasteiger partial charge in [0.25, 0.3) is 0 Å². The number of hydrogen-bond acceptors (Lipinski definition) is 4. The molecule has 1 aromatic heterocycles. The molecule has 29 heavy (non-hydrogen) atoms. The Bertz CT molecular complexity index is 1060. The van der Waals surface area contributed by atoms with Gasteiger partial charge in [0.05, 0.1) is 29.3 Å².